The number of rotatable bonds is 2. The zero-order valence-electron chi connectivity index (χ0n) is 8.76. The van der Waals surface area contributed by atoms with Gasteiger partial charge in [0.05, 0.1) is 14.4 Å². The van der Waals surface area contributed by atoms with Crippen molar-refractivity contribution >= 4 is 60.6 Å². The van der Waals surface area contributed by atoms with Crippen molar-refractivity contribution in [1.29, 1.82) is 0 Å². The lowest BCUT2D eigenvalue weighted by atomic mass is 10.1. The lowest BCUT2D eigenvalue weighted by molar-refractivity contribution is 0.104. The number of thiophene rings is 1. The van der Waals surface area contributed by atoms with Gasteiger partial charge in [-0.2, -0.15) is 0 Å². The molecule has 0 saturated heterocycles. The van der Waals surface area contributed by atoms with Gasteiger partial charge in [0, 0.05) is 15.4 Å². The number of benzene rings is 1. The largest absolute Gasteiger partial charge is 0.288 e. The van der Waals surface area contributed by atoms with Crippen LogP contribution in [0, 0.1) is 6.92 Å². The van der Waals surface area contributed by atoms with E-state index in [9.17, 15) is 4.79 Å². The third-order valence-electron chi connectivity index (χ3n) is 2.26. The maximum atomic E-state index is 12.3. The highest BCUT2D eigenvalue weighted by atomic mass is 79.9. The van der Waals surface area contributed by atoms with Crippen LogP contribution in [0.15, 0.2) is 32.5 Å². The lowest BCUT2D eigenvalue weighted by Crippen LogP contribution is -2.00. The molecule has 0 spiro atoms. The van der Waals surface area contributed by atoms with Gasteiger partial charge in [0.1, 0.15) is 0 Å². The van der Waals surface area contributed by atoms with Crippen LogP contribution in [0.3, 0.4) is 0 Å². The van der Waals surface area contributed by atoms with Crippen LogP contribution in [0.25, 0.3) is 0 Å². The Hall–Kier alpha value is -0.160. The van der Waals surface area contributed by atoms with Gasteiger partial charge in [-0.1, -0.05) is 17.7 Å². The van der Waals surface area contributed by atoms with Crippen LogP contribution in [0.4, 0.5) is 0 Å². The number of halogens is 3. The monoisotopic (exact) mass is 392 g/mol. The Labute approximate surface area is 125 Å². The Morgan fingerprint density at radius 2 is 2.06 bits per heavy atom. The molecule has 1 nitrogen and oxygen atoms in total. The molecule has 17 heavy (non-hydrogen) atoms. The van der Waals surface area contributed by atoms with Gasteiger partial charge in [0.2, 0.25) is 5.78 Å². The Bertz CT molecular complexity index is 592. The van der Waals surface area contributed by atoms with E-state index in [2.05, 4.69) is 31.9 Å². The molecule has 2 aromatic rings. The summed E-state index contributed by atoms with van der Waals surface area (Å²) in [6.07, 6.45) is 0. The van der Waals surface area contributed by atoms with E-state index in [1.165, 1.54) is 11.3 Å². The minimum atomic E-state index is -0.0578. The second kappa shape index (κ2) is 5.22. The van der Waals surface area contributed by atoms with Crippen LogP contribution >= 0.6 is 54.8 Å². The molecule has 0 aliphatic carbocycles. The smallest absolute Gasteiger partial charge is 0.205 e. The fourth-order valence-corrected chi connectivity index (χ4v) is 3.83. The summed E-state index contributed by atoms with van der Waals surface area (Å²) in [4.78, 5) is 12.9. The number of aryl methyl sites for hydroxylation is 1. The first-order valence-corrected chi connectivity index (χ1v) is 7.58. The predicted molar refractivity (Wildman–Crippen MR) is 79.3 cm³/mol. The molecule has 88 valence electrons. The summed E-state index contributed by atoms with van der Waals surface area (Å²) < 4.78 is 1.67. The Morgan fingerprint density at radius 1 is 1.35 bits per heavy atom. The number of hydrogen-bond acceptors (Lipinski definition) is 2. The second-order valence-electron chi connectivity index (χ2n) is 3.54. The van der Waals surface area contributed by atoms with Crippen molar-refractivity contribution in [1.82, 2.24) is 0 Å². The summed E-state index contributed by atoms with van der Waals surface area (Å²) in [5, 5.41) is 2.37. The summed E-state index contributed by atoms with van der Waals surface area (Å²) in [5.41, 5.74) is 1.57. The molecule has 0 saturated carbocycles. The Morgan fingerprint density at radius 3 is 2.59 bits per heavy atom. The van der Waals surface area contributed by atoms with Crippen molar-refractivity contribution in [3.8, 4) is 0 Å². The van der Waals surface area contributed by atoms with E-state index in [1.54, 1.807) is 12.1 Å². The molecule has 0 atom stereocenters. The van der Waals surface area contributed by atoms with E-state index < -0.39 is 0 Å². The van der Waals surface area contributed by atoms with Gasteiger partial charge in [-0.25, -0.2) is 0 Å². The van der Waals surface area contributed by atoms with Crippen LogP contribution in [0.2, 0.25) is 5.02 Å². The van der Waals surface area contributed by atoms with Crippen molar-refractivity contribution in [2.75, 3.05) is 0 Å². The summed E-state index contributed by atoms with van der Waals surface area (Å²) >= 11 is 14.2. The van der Waals surface area contributed by atoms with E-state index in [0.717, 1.165) is 14.5 Å². The molecule has 1 aromatic carbocycles. The Balaban J connectivity index is 2.47. The van der Waals surface area contributed by atoms with Crippen molar-refractivity contribution in [2.24, 2.45) is 0 Å². The maximum Gasteiger partial charge on any atom is 0.205 e. The van der Waals surface area contributed by atoms with Crippen molar-refractivity contribution in [3.05, 3.63) is 53.6 Å². The molecule has 0 aliphatic heterocycles. The highest BCUT2D eigenvalue weighted by Crippen LogP contribution is 2.35. The lowest BCUT2D eigenvalue weighted by Gasteiger charge is -2.03. The average Bonchev–Trinajstić information content (AvgIpc) is 2.59. The minimum absolute atomic E-state index is 0.0578. The summed E-state index contributed by atoms with van der Waals surface area (Å²) in [5.74, 6) is -0.0578. The third kappa shape index (κ3) is 2.65. The number of hydrogen-bond donors (Lipinski definition) is 0. The molecule has 0 amide bonds. The zero-order chi connectivity index (χ0) is 12.6. The second-order valence-corrected chi connectivity index (χ2v) is 6.47. The van der Waals surface area contributed by atoms with Crippen LogP contribution in [0.5, 0.6) is 0 Å². The van der Waals surface area contributed by atoms with E-state index in [-0.39, 0.29) is 5.78 Å². The molecule has 0 N–H and O–H groups in total. The van der Waals surface area contributed by atoms with Crippen LogP contribution < -0.4 is 0 Å². The van der Waals surface area contributed by atoms with Gasteiger partial charge in [-0.3, -0.25) is 4.79 Å². The van der Waals surface area contributed by atoms with Crippen molar-refractivity contribution in [3.63, 3.8) is 0 Å². The van der Waals surface area contributed by atoms with Gasteiger partial charge in [0.25, 0.3) is 0 Å². The first kappa shape index (κ1) is 13.3. The first-order valence-electron chi connectivity index (χ1n) is 4.74. The molecular formula is C12H7Br2ClOS. The van der Waals surface area contributed by atoms with Gasteiger partial charge >= 0.3 is 0 Å². The highest BCUT2D eigenvalue weighted by Gasteiger charge is 2.18. The molecule has 5 heteroatoms. The molecular weight excluding hydrogens is 387 g/mol. The maximum absolute atomic E-state index is 12.3. The fourth-order valence-electron chi connectivity index (χ4n) is 1.40. The van der Waals surface area contributed by atoms with Gasteiger partial charge in [0.15, 0.2) is 0 Å². The minimum Gasteiger partial charge on any atom is -0.288 e. The average molecular weight is 395 g/mol. The number of carbonyl (C=O) groups is 1. The van der Waals surface area contributed by atoms with Crippen LogP contribution in [-0.4, -0.2) is 5.78 Å². The highest BCUT2D eigenvalue weighted by molar-refractivity contribution is 9.13. The van der Waals surface area contributed by atoms with Crippen molar-refractivity contribution in [2.45, 2.75) is 6.92 Å². The summed E-state index contributed by atoms with van der Waals surface area (Å²) in [7, 11) is 0. The van der Waals surface area contributed by atoms with Gasteiger partial charge in [-0.15, -0.1) is 11.3 Å². The van der Waals surface area contributed by atoms with E-state index in [0.29, 0.717) is 15.5 Å². The topological polar surface area (TPSA) is 17.1 Å². The third-order valence-corrected chi connectivity index (χ3v) is 6.10. The van der Waals surface area contributed by atoms with Crippen molar-refractivity contribution < 1.29 is 4.79 Å². The van der Waals surface area contributed by atoms with E-state index in [1.807, 2.05) is 18.4 Å². The molecule has 1 heterocycles. The fraction of sp³-hybridized carbons (Fsp3) is 0.0833. The molecule has 1 aromatic heterocycles. The SMILES string of the molecule is Cc1ccc(C(=O)c2scc(Br)c2Br)c(Cl)c1. The summed E-state index contributed by atoms with van der Waals surface area (Å²) in [6.45, 7) is 1.94. The van der Waals surface area contributed by atoms with Gasteiger partial charge in [-0.05, 0) is 56.5 Å². The number of carbonyl (C=O) groups excluding carboxylic acids is 1. The standard InChI is InChI=1S/C12H7Br2ClOS/c1-6-2-3-7(9(15)4-6)11(16)12-10(14)8(13)5-17-12/h2-5H,1H3. The molecule has 0 radical (unpaired) electrons. The van der Waals surface area contributed by atoms with E-state index in [4.69, 9.17) is 11.6 Å². The molecule has 0 bridgehead atoms. The Kier molecular flexibility index (Phi) is 4.08. The van der Waals surface area contributed by atoms with E-state index >= 15 is 0 Å². The molecule has 0 aliphatic rings. The molecule has 0 fully saturated rings. The van der Waals surface area contributed by atoms with Crippen LogP contribution in [-0.2, 0) is 0 Å². The number of ketones is 1. The normalized spacial score (nSPS) is 10.6. The predicted octanol–water partition coefficient (Wildman–Crippen LogP) is 5.47. The van der Waals surface area contributed by atoms with Crippen LogP contribution in [0.1, 0.15) is 20.8 Å². The molecule has 2 rings (SSSR count). The summed E-state index contributed by atoms with van der Waals surface area (Å²) in [6, 6.07) is 5.45. The first-order chi connectivity index (χ1) is 8.00. The molecule has 0 unspecified atom stereocenters. The quantitative estimate of drug-likeness (QED) is 0.618. The van der Waals surface area contributed by atoms with Gasteiger partial charge < -0.3 is 0 Å². The zero-order valence-corrected chi connectivity index (χ0v) is 13.5.